The standard InChI is InChI=1S/C22H28N4O2/c1-18-15-21(23-28-18)16-25-11-13-26(14-12-25)22(27)17-24-9-7-20(8-10-24)19-5-3-2-4-6-19/h2-7,15H,8-14,16-17H2,1H3. The van der Waals surface area contributed by atoms with Crippen LogP contribution < -0.4 is 0 Å². The molecule has 0 atom stereocenters. The van der Waals surface area contributed by atoms with E-state index in [1.807, 2.05) is 24.0 Å². The highest BCUT2D eigenvalue weighted by Crippen LogP contribution is 2.22. The van der Waals surface area contributed by atoms with Crippen LogP contribution in [0.4, 0.5) is 0 Å². The first-order valence-electron chi connectivity index (χ1n) is 10.1. The highest BCUT2D eigenvalue weighted by atomic mass is 16.5. The van der Waals surface area contributed by atoms with Gasteiger partial charge in [-0.2, -0.15) is 0 Å². The van der Waals surface area contributed by atoms with Gasteiger partial charge in [-0.1, -0.05) is 41.6 Å². The van der Waals surface area contributed by atoms with E-state index in [2.05, 4.69) is 45.3 Å². The second-order valence-electron chi connectivity index (χ2n) is 7.67. The molecular weight excluding hydrogens is 352 g/mol. The van der Waals surface area contributed by atoms with E-state index < -0.39 is 0 Å². The number of hydrogen-bond acceptors (Lipinski definition) is 5. The number of aryl methyl sites for hydroxylation is 1. The first-order valence-corrected chi connectivity index (χ1v) is 10.1. The van der Waals surface area contributed by atoms with Crippen LogP contribution in [-0.2, 0) is 11.3 Å². The van der Waals surface area contributed by atoms with Crippen LogP contribution in [0, 0.1) is 6.92 Å². The van der Waals surface area contributed by atoms with E-state index in [-0.39, 0.29) is 5.91 Å². The summed E-state index contributed by atoms with van der Waals surface area (Å²) in [4.78, 5) is 19.3. The maximum atomic E-state index is 12.7. The summed E-state index contributed by atoms with van der Waals surface area (Å²) in [7, 11) is 0. The van der Waals surface area contributed by atoms with Crippen LogP contribution in [0.25, 0.3) is 5.57 Å². The summed E-state index contributed by atoms with van der Waals surface area (Å²) < 4.78 is 5.13. The van der Waals surface area contributed by atoms with Crippen molar-refractivity contribution in [1.29, 1.82) is 0 Å². The Hall–Kier alpha value is -2.44. The van der Waals surface area contributed by atoms with Gasteiger partial charge in [0.05, 0.1) is 12.2 Å². The minimum absolute atomic E-state index is 0.244. The van der Waals surface area contributed by atoms with Gasteiger partial charge in [-0.15, -0.1) is 0 Å². The third kappa shape index (κ3) is 4.69. The number of aromatic nitrogens is 1. The third-order valence-electron chi connectivity index (χ3n) is 5.58. The summed E-state index contributed by atoms with van der Waals surface area (Å²) in [6.07, 6.45) is 3.27. The molecule has 6 heteroatoms. The molecule has 1 amide bonds. The van der Waals surface area contributed by atoms with Gasteiger partial charge in [-0.25, -0.2) is 0 Å². The summed E-state index contributed by atoms with van der Waals surface area (Å²) in [6.45, 7) is 8.35. The Morgan fingerprint density at radius 1 is 1.07 bits per heavy atom. The average Bonchev–Trinajstić information content (AvgIpc) is 3.14. The van der Waals surface area contributed by atoms with Gasteiger partial charge in [-0.05, 0) is 24.5 Å². The second kappa shape index (κ2) is 8.71. The topological polar surface area (TPSA) is 52.8 Å². The zero-order valence-corrected chi connectivity index (χ0v) is 16.5. The molecule has 3 heterocycles. The first-order chi connectivity index (χ1) is 13.7. The van der Waals surface area contributed by atoms with Gasteiger partial charge in [0.25, 0.3) is 0 Å². The van der Waals surface area contributed by atoms with Crippen molar-refractivity contribution in [2.24, 2.45) is 0 Å². The quantitative estimate of drug-likeness (QED) is 0.797. The molecule has 2 aliphatic heterocycles. The van der Waals surface area contributed by atoms with E-state index in [0.717, 1.165) is 63.7 Å². The second-order valence-corrected chi connectivity index (χ2v) is 7.67. The van der Waals surface area contributed by atoms with Gasteiger partial charge >= 0.3 is 0 Å². The number of nitrogens with zero attached hydrogens (tertiary/aromatic N) is 4. The fourth-order valence-electron chi connectivity index (χ4n) is 3.94. The number of carbonyl (C=O) groups excluding carboxylic acids is 1. The maximum Gasteiger partial charge on any atom is 0.236 e. The normalized spacial score (nSPS) is 18.9. The number of hydrogen-bond donors (Lipinski definition) is 0. The molecule has 0 aliphatic carbocycles. The van der Waals surface area contributed by atoms with Gasteiger partial charge in [0.1, 0.15) is 5.76 Å². The average molecular weight is 380 g/mol. The van der Waals surface area contributed by atoms with Gasteiger partial charge in [0, 0.05) is 51.9 Å². The highest BCUT2D eigenvalue weighted by molar-refractivity contribution is 5.78. The molecular formula is C22H28N4O2. The maximum absolute atomic E-state index is 12.7. The molecule has 4 rings (SSSR count). The molecule has 2 aliphatic rings. The van der Waals surface area contributed by atoms with Gasteiger partial charge in [0.15, 0.2) is 0 Å². The monoisotopic (exact) mass is 380 g/mol. The van der Waals surface area contributed by atoms with Crippen molar-refractivity contribution in [3.8, 4) is 0 Å². The van der Waals surface area contributed by atoms with Crippen LogP contribution in [0.1, 0.15) is 23.4 Å². The van der Waals surface area contributed by atoms with Gasteiger partial charge < -0.3 is 9.42 Å². The fourth-order valence-corrected chi connectivity index (χ4v) is 3.94. The van der Waals surface area contributed by atoms with Crippen molar-refractivity contribution in [3.63, 3.8) is 0 Å². The molecule has 0 bridgehead atoms. The summed E-state index contributed by atoms with van der Waals surface area (Å²) in [5.74, 6) is 1.09. The van der Waals surface area contributed by atoms with E-state index in [1.165, 1.54) is 11.1 Å². The lowest BCUT2D eigenvalue weighted by molar-refractivity contribution is -0.134. The zero-order chi connectivity index (χ0) is 19.3. The van der Waals surface area contributed by atoms with Crippen molar-refractivity contribution in [2.45, 2.75) is 19.9 Å². The number of carbonyl (C=O) groups is 1. The fraction of sp³-hybridized carbons (Fsp3) is 0.455. The van der Waals surface area contributed by atoms with Crippen LogP contribution in [0.15, 0.2) is 47.0 Å². The number of rotatable bonds is 5. The van der Waals surface area contributed by atoms with E-state index in [4.69, 9.17) is 4.52 Å². The van der Waals surface area contributed by atoms with E-state index in [9.17, 15) is 4.79 Å². The molecule has 1 aromatic carbocycles. The van der Waals surface area contributed by atoms with Crippen LogP contribution in [0.3, 0.4) is 0 Å². The van der Waals surface area contributed by atoms with Crippen molar-refractivity contribution >= 4 is 11.5 Å². The number of piperazine rings is 1. The smallest absolute Gasteiger partial charge is 0.236 e. The Morgan fingerprint density at radius 2 is 1.86 bits per heavy atom. The molecule has 0 unspecified atom stereocenters. The Bertz CT molecular complexity index is 822. The van der Waals surface area contributed by atoms with E-state index in [1.54, 1.807) is 0 Å². The molecule has 0 N–H and O–H groups in total. The lowest BCUT2D eigenvalue weighted by atomic mass is 9.99. The minimum atomic E-state index is 0.244. The van der Waals surface area contributed by atoms with Crippen molar-refractivity contribution < 1.29 is 9.32 Å². The van der Waals surface area contributed by atoms with Crippen LogP contribution >= 0.6 is 0 Å². The Balaban J connectivity index is 1.22. The van der Waals surface area contributed by atoms with Crippen LogP contribution in [-0.4, -0.2) is 71.6 Å². The Morgan fingerprint density at radius 3 is 2.50 bits per heavy atom. The molecule has 2 aromatic rings. The Labute approximate surface area is 166 Å². The predicted octanol–water partition coefficient (Wildman–Crippen LogP) is 2.42. The molecule has 1 saturated heterocycles. The van der Waals surface area contributed by atoms with Crippen LogP contribution in [0.2, 0.25) is 0 Å². The molecule has 1 fully saturated rings. The summed E-state index contributed by atoms with van der Waals surface area (Å²) in [6, 6.07) is 12.5. The first kappa shape index (κ1) is 18.9. The molecule has 0 saturated carbocycles. The molecule has 0 spiro atoms. The molecule has 6 nitrogen and oxygen atoms in total. The minimum Gasteiger partial charge on any atom is -0.361 e. The summed E-state index contributed by atoms with van der Waals surface area (Å²) in [5, 5.41) is 4.06. The van der Waals surface area contributed by atoms with Gasteiger partial charge in [0.2, 0.25) is 5.91 Å². The Kier molecular flexibility index (Phi) is 5.88. The van der Waals surface area contributed by atoms with E-state index in [0.29, 0.717) is 6.54 Å². The number of benzene rings is 1. The number of amides is 1. The largest absolute Gasteiger partial charge is 0.361 e. The zero-order valence-electron chi connectivity index (χ0n) is 16.5. The molecule has 0 radical (unpaired) electrons. The van der Waals surface area contributed by atoms with E-state index >= 15 is 0 Å². The van der Waals surface area contributed by atoms with Crippen LogP contribution in [0.5, 0.6) is 0 Å². The molecule has 1 aromatic heterocycles. The lowest BCUT2D eigenvalue weighted by Gasteiger charge is -2.36. The molecule has 148 valence electrons. The van der Waals surface area contributed by atoms with Crippen molar-refractivity contribution in [1.82, 2.24) is 19.9 Å². The highest BCUT2D eigenvalue weighted by Gasteiger charge is 2.24. The third-order valence-corrected chi connectivity index (χ3v) is 5.58. The predicted molar refractivity (Wildman–Crippen MR) is 109 cm³/mol. The summed E-state index contributed by atoms with van der Waals surface area (Å²) >= 11 is 0. The van der Waals surface area contributed by atoms with Crippen molar-refractivity contribution in [3.05, 3.63) is 59.5 Å². The van der Waals surface area contributed by atoms with Crippen molar-refractivity contribution in [2.75, 3.05) is 45.8 Å². The SMILES string of the molecule is Cc1cc(CN2CCN(C(=O)CN3CC=C(c4ccccc4)CC3)CC2)no1. The van der Waals surface area contributed by atoms with Gasteiger partial charge in [-0.3, -0.25) is 14.6 Å². The summed E-state index contributed by atoms with van der Waals surface area (Å²) in [5.41, 5.74) is 3.65. The lowest BCUT2D eigenvalue weighted by Crippen LogP contribution is -2.51. The molecule has 28 heavy (non-hydrogen) atoms.